The van der Waals surface area contributed by atoms with Crippen LogP contribution in [0, 0.1) is 0 Å². The molecule has 142 valence electrons. The van der Waals surface area contributed by atoms with Crippen molar-refractivity contribution in [3.8, 4) is 10.6 Å². The van der Waals surface area contributed by atoms with Gasteiger partial charge in [0.25, 0.3) is 0 Å². The van der Waals surface area contributed by atoms with Gasteiger partial charge < -0.3 is 9.73 Å². The number of nitrogens with zero attached hydrogens (tertiary/aromatic N) is 3. The van der Waals surface area contributed by atoms with Crippen LogP contribution in [0.4, 0.5) is 11.5 Å². The lowest BCUT2D eigenvalue weighted by molar-refractivity contribution is 0.206. The number of para-hydroxylation sites is 1. The van der Waals surface area contributed by atoms with Crippen molar-refractivity contribution in [1.82, 2.24) is 14.9 Å². The summed E-state index contributed by atoms with van der Waals surface area (Å²) in [5.74, 6) is 2.76. The third-order valence-corrected chi connectivity index (χ3v) is 6.23. The second kappa shape index (κ2) is 7.73. The normalized spacial score (nSPS) is 15.1. The van der Waals surface area contributed by atoms with Crippen molar-refractivity contribution in [2.24, 2.45) is 0 Å². The molecule has 0 saturated carbocycles. The highest BCUT2D eigenvalue weighted by molar-refractivity contribution is 7.22. The minimum absolute atomic E-state index is 0.826. The van der Waals surface area contributed by atoms with E-state index in [-0.39, 0.29) is 0 Å². The fraction of sp³-hybridized carbons (Fsp3) is 0.273. The summed E-state index contributed by atoms with van der Waals surface area (Å²) < 4.78 is 7.20. The predicted octanol–water partition coefficient (Wildman–Crippen LogP) is 5.68. The SMILES string of the molecule is c1ccc(Nc2ncnc3cc(-c4ccc(CN5CCCCC5)o4)sc23)cc1. The van der Waals surface area contributed by atoms with Crippen LogP contribution in [0.15, 0.2) is 59.3 Å². The van der Waals surface area contributed by atoms with E-state index in [0.29, 0.717) is 0 Å². The average Bonchev–Trinajstić information content (AvgIpc) is 3.37. The Kier molecular flexibility index (Phi) is 4.81. The third-order valence-electron chi connectivity index (χ3n) is 5.08. The summed E-state index contributed by atoms with van der Waals surface area (Å²) in [5, 5.41) is 3.39. The van der Waals surface area contributed by atoms with Gasteiger partial charge in [0.05, 0.1) is 21.6 Å². The number of fused-ring (bicyclic) bond motifs is 1. The Bertz CT molecular complexity index is 1070. The van der Waals surface area contributed by atoms with Crippen LogP contribution in [0.3, 0.4) is 0 Å². The molecule has 0 bridgehead atoms. The number of benzene rings is 1. The molecule has 4 heterocycles. The maximum Gasteiger partial charge on any atom is 0.151 e. The molecule has 0 spiro atoms. The molecule has 0 amide bonds. The molecule has 5 rings (SSSR count). The highest BCUT2D eigenvalue weighted by Gasteiger charge is 2.15. The van der Waals surface area contributed by atoms with E-state index in [2.05, 4.69) is 38.4 Å². The van der Waals surface area contributed by atoms with E-state index in [1.54, 1.807) is 17.7 Å². The summed E-state index contributed by atoms with van der Waals surface area (Å²) in [6.45, 7) is 3.23. The second-order valence-corrected chi connectivity index (χ2v) is 8.19. The van der Waals surface area contributed by atoms with Crippen LogP contribution in [0.5, 0.6) is 0 Å². The van der Waals surface area contributed by atoms with Crippen LogP contribution >= 0.6 is 11.3 Å². The van der Waals surface area contributed by atoms with Crippen molar-refractivity contribution >= 4 is 33.1 Å². The van der Waals surface area contributed by atoms with Crippen LogP contribution in [0.2, 0.25) is 0 Å². The minimum Gasteiger partial charge on any atom is -0.459 e. The third kappa shape index (κ3) is 3.66. The standard InChI is InChI=1S/C22H22N4OS/c1-3-7-16(8-4-1)25-22-21-18(23-15-24-22)13-20(28-21)19-10-9-17(27-19)14-26-11-5-2-6-12-26/h1,3-4,7-10,13,15H,2,5-6,11-12,14H2,(H,23,24,25). The first-order chi connectivity index (χ1) is 13.8. The molecule has 0 unspecified atom stereocenters. The van der Waals surface area contributed by atoms with E-state index in [1.807, 2.05) is 30.3 Å². The number of thiophene rings is 1. The molecule has 3 aromatic heterocycles. The fourth-order valence-corrected chi connectivity index (χ4v) is 4.67. The Morgan fingerprint density at radius 1 is 1.00 bits per heavy atom. The van der Waals surface area contributed by atoms with Crippen LogP contribution in [0.25, 0.3) is 20.9 Å². The number of anilines is 2. The van der Waals surface area contributed by atoms with E-state index >= 15 is 0 Å². The predicted molar refractivity (Wildman–Crippen MR) is 114 cm³/mol. The summed E-state index contributed by atoms with van der Waals surface area (Å²) in [6, 6.07) is 16.3. The maximum absolute atomic E-state index is 6.16. The van der Waals surface area contributed by atoms with Crippen LogP contribution in [-0.4, -0.2) is 28.0 Å². The number of furan rings is 1. The highest BCUT2D eigenvalue weighted by atomic mass is 32.1. The molecule has 4 aromatic rings. The number of nitrogens with one attached hydrogen (secondary N) is 1. The van der Waals surface area contributed by atoms with Gasteiger partial charge in [0.1, 0.15) is 17.8 Å². The van der Waals surface area contributed by atoms with Crippen molar-refractivity contribution in [2.45, 2.75) is 25.8 Å². The van der Waals surface area contributed by atoms with Crippen LogP contribution < -0.4 is 5.32 Å². The molecule has 1 fully saturated rings. The number of hydrogen-bond donors (Lipinski definition) is 1. The van der Waals surface area contributed by atoms with Crippen LogP contribution in [-0.2, 0) is 6.54 Å². The summed E-state index contributed by atoms with van der Waals surface area (Å²) in [4.78, 5) is 12.4. The first-order valence-electron chi connectivity index (χ1n) is 9.73. The topological polar surface area (TPSA) is 54.2 Å². The number of likely N-dealkylation sites (tertiary alicyclic amines) is 1. The molecule has 1 aliphatic rings. The van der Waals surface area contributed by atoms with Gasteiger partial charge in [-0.1, -0.05) is 24.6 Å². The Morgan fingerprint density at radius 2 is 1.86 bits per heavy atom. The van der Waals surface area contributed by atoms with Gasteiger partial charge in [-0.2, -0.15) is 0 Å². The zero-order valence-electron chi connectivity index (χ0n) is 15.6. The molecule has 1 N–H and O–H groups in total. The number of hydrogen-bond acceptors (Lipinski definition) is 6. The molecule has 0 radical (unpaired) electrons. The van der Waals surface area contributed by atoms with Gasteiger partial charge >= 0.3 is 0 Å². The summed E-state index contributed by atoms with van der Waals surface area (Å²) in [5.41, 5.74) is 1.95. The van der Waals surface area contributed by atoms with Crippen molar-refractivity contribution in [3.05, 3.63) is 60.6 Å². The number of rotatable bonds is 5. The largest absolute Gasteiger partial charge is 0.459 e. The maximum atomic E-state index is 6.16. The van der Waals surface area contributed by atoms with Crippen molar-refractivity contribution in [1.29, 1.82) is 0 Å². The lowest BCUT2D eigenvalue weighted by atomic mass is 10.1. The Morgan fingerprint density at radius 3 is 2.71 bits per heavy atom. The van der Waals surface area contributed by atoms with E-state index in [1.165, 1.54) is 32.4 Å². The number of aromatic nitrogens is 2. The van der Waals surface area contributed by atoms with Gasteiger partial charge in [-0.25, -0.2) is 9.97 Å². The quantitative estimate of drug-likeness (QED) is 0.475. The van der Waals surface area contributed by atoms with E-state index in [4.69, 9.17) is 4.42 Å². The minimum atomic E-state index is 0.826. The van der Waals surface area contributed by atoms with E-state index in [9.17, 15) is 0 Å². The molecule has 28 heavy (non-hydrogen) atoms. The zero-order chi connectivity index (χ0) is 18.8. The van der Waals surface area contributed by atoms with E-state index < -0.39 is 0 Å². The van der Waals surface area contributed by atoms with Gasteiger partial charge in [0.15, 0.2) is 5.82 Å². The molecule has 0 aliphatic carbocycles. The van der Waals surface area contributed by atoms with Gasteiger partial charge in [0, 0.05) is 5.69 Å². The smallest absolute Gasteiger partial charge is 0.151 e. The molecule has 6 heteroatoms. The Balaban J connectivity index is 1.40. The lowest BCUT2D eigenvalue weighted by Crippen LogP contribution is -2.28. The van der Waals surface area contributed by atoms with Crippen molar-refractivity contribution < 1.29 is 4.42 Å². The molecule has 1 saturated heterocycles. The first kappa shape index (κ1) is 17.4. The summed E-state index contributed by atoms with van der Waals surface area (Å²) in [7, 11) is 0. The first-order valence-corrected chi connectivity index (χ1v) is 10.5. The molecule has 0 atom stereocenters. The lowest BCUT2D eigenvalue weighted by Gasteiger charge is -2.25. The fourth-order valence-electron chi connectivity index (χ4n) is 3.66. The van der Waals surface area contributed by atoms with Gasteiger partial charge in [-0.3, -0.25) is 4.90 Å². The Hall–Kier alpha value is -2.70. The summed E-state index contributed by atoms with van der Waals surface area (Å²) >= 11 is 1.66. The Labute approximate surface area is 168 Å². The molecular formula is C22H22N4OS. The summed E-state index contributed by atoms with van der Waals surface area (Å²) in [6.07, 6.45) is 5.54. The average molecular weight is 391 g/mol. The van der Waals surface area contributed by atoms with Gasteiger partial charge in [0.2, 0.25) is 0 Å². The molecular weight excluding hydrogens is 368 g/mol. The van der Waals surface area contributed by atoms with Crippen molar-refractivity contribution in [3.63, 3.8) is 0 Å². The van der Waals surface area contributed by atoms with Gasteiger partial charge in [-0.15, -0.1) is 11.3 Å². The van der Waals surface area contributed by atoms with Crippen LogP contribution in [0.1, 0.15) is 25.0 Å². The molecule has 1 aliphatic heterocycles. The molecule has 5 nitrogen and oxygen atoms in total. The monoisotopic (exact) mass is 390 g/mol. The zero-order valence-corrected chi connectivity index (χ0v) is 16.4. The number of piperidine rings is 1. The molecule has 1 aromatic carbocycles. The van der Waals surface area contributed by atoms with Gasteiger partial charge in [-0.05, 0) is 56.3 Å². The van der Waals surface area contributed by atoms with E-state index in [0.717, 1.165) is 44.7 Å². The highest BCUT2D eigenvalue weighted by Crippen LogP contribution is 2.37. The van der Waals surface area contributed by atoms with Crippen molar-refractivity contribution in [2.75, 3.05) is 18.4 Å². The second-order valence-electron chi connectivity index (χ2n) is 7.14.